The number of phenols is 1. The van der Waals surface area contributed by atoms with Crippen LogP contribution >= 0.6 is 27.3 Å². The number of hydroxylamine groups is 1. The molecule has 30 heavy (non-hydrogen) atoms. The monoisotopic (exact) mass is 514 g/mol. The summed E-state index contributed by atoms with van der Waals surface area (Å²) < 4.78 is 26.5. The number of hydrogen-bond donors (Lipinski definition) is 2. The highest BCUT2D eigenvalue weighted by atomic mass is 79.9. The first-order chi connectivity index (χ1) is 14.4. The van der Waals surface area contributed by atoms with Crippen LogP contribution in [0.25, 0.3) is 5.69 Å². The zero-order valence-corrected chi connectivity index (χ0v) is 18.9. The molecule has 2 N–H and O–H groups in total. The van der Waals surface area contributed by atoms with Gasteiger partial charge in [-0.25, -0.2) is 10.2 Å². The van der Waals surface area contributed by atoms with Crippen LogP contribution in [0.1, 0.15) is 29.4 Å². The van der Waals surface area contributed by atoms with Crippen molar-refractivity contribution < 1.29 is 23.5 Å². The van der Waals surface area contributed by atoms with E-state index in [4.69, 9.17) is 4.84 Å². The maximum absolute atomic E-state index is 12.5. The summed E-state index contributed by atoms with van der Waals surface area (Å²) in [4.78, 5) is 17.5. The molecule has 0 saturated carbocycles. The van der Waals surface area contributed by atoms with Crippen LogP contribution in [0.15, 0.2) is 40.3 Å². The number of phenolic OH excluding ortho intramolecular Hbond substituents is 1. The Kier molecular flexibility index (Phi) is 7.55. The Morgan fingerprint density at radius 3 is 2.93 bits per heavy atom. The van der Waals surface area contributed by atoms with Gasteiger partial charge in [0.1, 0.15) is 22.0 Å². The molecule has 0 aliphatic heterocycles. The van der Waals surface area contributed by atoms with Crippen molar-refractivity contribution in [2.75, 3.05) is 10.9 Å². The summed E-state index contributed by atoms with van der Waals surface area (Å²) in [6.07, 6.45) is 2.19. The second-order valence-electron chi connectivity index (χ2n) is 5.93. The third-order valence-electron chi connectivity index (χ3n) is 3.82. The number of aromatic hydroxyl groups is 1. The van der Waals surface area contributed by atoms with E-state index in [0.717, 1.165) is 4.31 Å². The lowest BCUT2D eigenvalue weighted by atomic mass is 10.1. The van der Waals surface area contributed by atoms with E-state index >= 15 is 0 Å². The Hall–Kier alpha value is -2.32. The van der Waals surface area contributed by atoms with Crippen molar-refractivity contribution in [3.63, 3.8) is 0 Å². The second kappa shape index (κ2) is 10.1. The molecule has 1 aromatic carbocycles. The Balaban J connectivity index is 1.87. The highest BCUT2D eigenvalue weighted by Crippen LogP contribution is 2.34. The predicted molar refractivity (Wildman–Crippen MR) is 114 cm³/mol. The number of hydrogen-bond acceptors (Lipinski definition) is 8. The van der Waals surface area contributed by atoms with E-state index in [0.29, 0.717) is 28.2 Å². The number of nitrogens with zero attached hydrogens (tertiary/aromatic N) is 4. The SMILES string of the molecule is CCCONC(=O)c1c(O)cccc1-n1cc(CN(c2sccc2Br)S(=O)[O-])nn1. The summed E-state index contributed by atoms with van der Waals surface area (Å²) in [5.41, 5.74) is 2.84. The van der Waals surface area contributed by atoms with E-state index in [1.807, 2.05) is 6.92 Å². The summed E-state index contributed by atoms with van der Waals surface area (Å²) in [5, 5.41) is 20.4. The molecule has 10 nitrogen and oxygen atoms in total. The summed E-state index contributed by atoms with van der Waals surface area (Å²) in [7, 11) is 0. The molecule has 3 aromatic rings. The lowest BCUT2D eigenvalue weighted by Gasteiger charge is -2.24. The van der Waals surface area contributed by atoms with Crippen LogP contribution in [-0.2, 0) is 22.6 Å². The molecule has 3 rings (SSSR count). The molecule has 2 heterocycles. The van der Waals surface area contributed by atoms with Gasteiger partial charge in [-0.3, -0.25) is 18.1 Å². The van der Waals surface area contributed by atoms with Gasteiger partial charge in [-0.05, 0) is 45.9 Å². The number of carbonyl (C=O) groups is 1. The van der Waals surface area contributed by atoms with Gasteiger partial charge in [0.2, 0.25) is 0 Å². The molecule has 0 aliphatic rings. The molecule has 0 aliphatic carbocycles. The number of thiophene rings is 1. The van der Waals surface area contributed by atoms with Crippen molar-refractivity contribution in [3.05, 3.63) is 51.6 Å². The number of aromatic nitrogens is 3. The fourth-order valence-electron chi connectivity index (χ4n) is 2.51. The predicted octanol–water partition coefficient (Wildman–Crippen LogP) is 2.67. The van der Waals surface area contributed by atoms with Crippen LogP contribution in [0.3, 0.4) is 0 Å². The average Bonchev–Trinajstić information content (AvgIpc) is 3.34. The smallest absolute Gasteiger partial charge is 0.280 e. The standard InChI is InChI=1S/C17H18BrN5O5S2/c1-2-7-28-20-16(25)15-13(4-3-5-14(15)24)22-9-11(19-21-22)10-23(30(26)27)17-12(18)6-8-29-17/h3-6,8-9,24H,2,7,10H2,1H3,(H,20,25)(H,26,27)/p-1. The second-order valence-corrected chi connectivity index (χ2v) is 8.56. The van der Waals surface area contributed by atoms with E-state index in [-0.39, 0.29) is 23.5 Å². The van der Waals surface area contributed by atoms with Crippen LogP contribution in [0, 0.1) is 0 Å². The first-order valence-corrected chi connectivity index (χ1v) is 11.4. The van der Waals surface area contributed by atoms with Crippen molar-refractivity contribution in [3.8, 4) is 11.4 Å². The molecule has 0 spiro atoms. The van der Waals surface area contributed by atoms with Crippen molar-refractivity contribution in [1.29, 1.82) is 0 Å². The third kappa shape index (κ3) is 5.05. The molecular weight excluding hydrogens is 498 g/mol. The van der Waals surface area contributed by atoms with Crippen LogP contribution in [0.4, 0.5) is 5.00 Å². The minimum absolute atomic E-state index is 0.0460. The van der Waals surface area contributed by atoms with Crippen LogP contribution in [0.2, 0.25) is 0 Å². The fraction of sp³-hybridized carbons (Fsp3) is 0.235. The van der Waals surface area contributed by atoms with Gasteiger partial charge in [0.25, 0.3) is 5.91 Å². The highest BCUT2D eigenvalue weighted by molar-refractivity contribution is 9.10. The Morgan fingerprint density at radius 1 is 1.47 bits per heavy atom. The van der Waals surface area contributed by atoms with Gasteiger partial charge >= 0.3 is 0 Å². The first kappa shape index (κ1) is 22.4. The maximum Gasteiger partial charge on any atom is 0.280 e. The number of carbonyl (C=O) groups excluding carboxylic acids is 1. The molecule has 1 atom stereocenters. The summed E-state index contributed by atoms with van der Waals surface area (Å²) in [5.74, 6) is -0.898. The fourth-order valence-corrected chi connectivity index (χ4v) is 4.91. The zero-order valence-electron chi connectivity index (χ0n) is 15.6. The van der Waals surface area contributed by atoms with Crippen molar-refractivity contribution in [1.82, 2.24) is 20.5 Å². The molecule has 0 radical (unpaired) electrons. The Bertz CT molecular complexity index is 1060. The van der Waals surface area contributed by atoms with Crippen molar-refractivity contribution in [2.24, 2.45) is 0 Å². The number of nitrogens with one attached hydrogen (secondary N) is 1. The molecule has 160 valence electrons. The van der Waals surface area contributed by atoms with Crippen LogP contribution in [0.5, 0.6) is 5.75 Å². The van der Waals surface area contributed by atoms with Gasteiger partial charge in [-0.15, -0.1) is 16.4 Å². The lowest BCUT2D eigenvalue weighted by molar-refractivity contribution is 0.0313. The quantitative estimate of drug-likeness (QED) is 0.254. The van der Waals surface area contributed by atoms with Crippen molar-refractivity contribution >= 4 is 49.4 Å². The lowest BCUT2D eigenvalue weighted by Crippen LogP contribution is -2.25. The first-order valence-electron chi connectivity index (χ1n) is 8.68. The summed E-state index contributed by atoms with van der Waals surface area (Å²) in [6, 6.07) is 6.24. The van der Waals surface area contributed by atoms with E-state index in [1.165, 1.54) is 28.3 Å². The molecular formula is C17H17BrN5O5S2-. The van der Waals surface area contributed by atoms with Crippen LogP contribution in [-0.4, -0.2) is 41.4 Å². The molecule has 0 fully saturated rings. The van der Waals surface area contributed by atoms with Gasteiger partial charge in [0.05, 0.1) is 29.5 Å². The number of benzene rings is 1. The van der Waals surface area contributed by atoms with Crippen molar-refractivity contribution in [2.45, 2.75) is 19.9 Å². The Morgan fingerprint density at radius 2 is 2.27 bits per heavy atom. The summed E-state index contributed by atoms with van der Waals surface area (Å²) in [6.45, 7) is 2.15. The minimum atomic E-state index is -2.53. The maximum atomic E-state index is 12.5. The van der Waals surface area contributed by atoms with E-state index < -0.39 is 17.2 Å². The Labute approximate surface area is 187 Å². The molecule has 2 aromatic heterocycles. The van der Waals surface area contributed by atoms with E-state index in [2.05, 4.69) is 31.7 Å². The zero-order chi connectivity index (χ0) is 21.7. The molecule has 1 unspecified atom stereocenters. The third-order valence-corrected chi connectivity index (χ3v) is 6.44. The van der Waals surface area contributed by atoms with Gasteiger partial charge < -0.3 is 9.66 Å². The minimum Gasteiger partial charge on any atom is -0.755 e. The van der Waals surface area contributed by atoms with Gasteiger partial charge in [-0.2, -0.15) is 0 Å². The number of rotatable bonds is 9. The number of halogens is 1. The largest absolute Gasteiger partial charge is 0.755 e. The van der Waals surface area contributed by atoms with Gasteiger partial charge in [-0.1, -0.05) is 18.2 Å². The topological polar surface area (TPSA) is 133 Å². The van der Waals surface area contributed by atoms with Gasteiger partial charge in [0, 0.05) is 11.3 Å². The van der Waals surface area contributed by atoms with E-state index in [1.54, 1.807) is 23.6 Å². The van der Waals surface area contributed by atoms with Crippen LogP contribution < -0.4 is 9.79 Å². The molecule has 1 amide bonds. The highest BCUT2D eigenvalue weighted by Gasteiger charge is 2.20. The molecule has 0 bridgehead atoms. The normalized spacial score (nSPS) is 12.0. The summed E-state index contributed by atoms with van der Waals surface area (Å²) >= 11 is 2.04. The number of amides is 1. The van der Waals surface area contributed by atoms with Gasteiger partial charge in [0.15, 0.2) is 0 Å². The van der Waals surface area contributed by atoms with E-state index in [9.17, 15) is 18.7 Å². The average molecular weight is 515 g/mol. The molecule has 13 heteroatoms. The number of anilines is 1. The molecule has 0 saturated heterocycles.